The minimum atomic E-state index is -1.09. The summed E-state index contributed by atoms with van der Waals surface area (Å²) in [6, 6.07) is 8.08. The van der Waals surface area contributed by atoms with Crippen LogP contribution in [0.15, 0.2) is 36.5 Å². The molecule has 2 N–H and O–H groups in total. The predicted octanol–water partition coefficient (Wildman–Crippen LogP) is 5.01. The van der Waals surface area contributed by atoms with Crippen LogP contribution >= 0.6 is 23.2 Å². The zero-order chi connectivity index (χ0) is 18.8. The quantitative estimate of drug-likeness (QED) is 0.596. The van der Waals surface area contributed by atoms with Crippen molar-refractivity contribution in [3.63, 3.8) is 0 Å². The lowest BCUT2D eigenvalue weighted by Gasteiger charge is -2.18. The Bertz CT molecular complexity index is 974. The van der Waals surface area contributed by atoms with Crippen molar-refractivity contribution in [3.8, 4) is 0 Å². The van der Waals surface area contributed by atoms with Crippen LogP contribution in [-0.2, 0) is 16.6 Å². The van der Waals surface area contributed by atoms with E-state index in [9.17, 15) is 13.7 Å². The number of halogens is 3. The minimum absolute atomic E-state index is 0.0442. The monoisotopic (exact) mass is 413 g/mol. The zero-order valence-corrected chi connectivity index (χ0v) is 16.4. The first-order valence-electron chi connectivity index (χ1n) is 8.06. The van der Waals surface area contributed by atoms with Gasteiger partial charge in [0.25, 0.3) is 0 Å². The van der Waals surface area contributed by atoms with Crippen LogP contribution in [0.4, 0.5) is 4.39 Å². The number of H-pyrrole nitrogens is 1. The molecule has 1 aromatic heterocycles. The van der Waals surface area contributed by atoms with Gasteiger partial charge in [-0.15, -0.1) is 0 Å². The summed E-state index contributed by atoms with van der Waals surface area (Å²) in [5.41, 5.74) is 3.07. The van der Waals surface area contributed by atoms with Gasteiger partial charge in [-0.2, -0.15) is 0 Å². The van der Waals surface area contributed by atoms with Crippen molar-refractivity contribution >= 4 is 44.9 Å². The van der Waals surface area contributed by atoms with Crippen LogP contribution in [0.3, 0.4) is 0 Å². The number of aromatic amines is 1. The maximum Gasteiger partial charge on any atom is 0.124 e. The van der Waals surface area contributed by atoms with Crippen molar-refractivity contribution in [2.45, 2.75) is 18.1 Å². The Hall–Kier alpha value is -1.40. The average Bonchev–Trinajstić information content (AvgIpc) is 2.96. The molecule has 7 heteroatoms. The molecule has 0 radical (unpaired) electrons. The van der Waals surface area contributed by atoms with Crippen molar-refractivity contribution in [2.75, 3.05) is 12.9 Å². The summed E-state index contributed by atoms with van der Waals surface area (Å²) < 4.78 is 25.8. The molecule has 138 valence electrons. The van der Waals surface area contributed by atoms with Gasteiger partial charge in [0.15, 0.2) is 0 Å². The first-order chi connectivity index (χ1) is 12.4. The van der Waals surface area contributed by atoms with Gasteiger partial charge in [-0.05, 0) is 47.4 Å². The number of rotatable bonds is 6. The number of hydrogen-bond donors (Lipinski definition) is 2. The van der Waals surface area contributed by atoms with E-state index in [-0.39, 0.29) is 24.1 Å². The van der Waals surface area contributed by atoms with Gasteiger partial charge in [-0.3, -0.25) is 4.21 Å². The van der Waals surface area contributed by atoms with Gasteiger partial charge >= 0.3 is 0 Å². The number of hydrogen-bond acceptors (Lipinski definition) is 2. The molecular weight excluding hydrogens is 396 g/mol. The number of benzene rings is 2. The second-order valence-corrected chi connectivity index (χ2v) is 8.46. The highest BCUT2D eigenvalue weighted by Crippen LogP contribution is 2.38. The molecule has 3 rings (SSSR count). The van der Waals surface area contributed by atoms with Crippen molar-refractivity contribution in [1.29, 1.82) is 0 Å². The highest BCUT2D eigenvalue weighted by Gasteiger charge is 2.22. The van der Waals surface area contributed by atoms with Gasteiger partial charge in [-0.1, -0.05) is 29.3 Å². The molecule has 0 aliphatic rings. The molecule has 2 aromatic carbocycles. The molecular formula is C19H18Cl2FNO2S. The molecule has 1 heterocycles. The molecule has 3 nitrogen and oxygen atoms in total. The Morgan fingerprint density at radius 2 is 2.00 bits per heavy atom. The van der Waals surface area contributed by atoms with Gasteiger partial charge < -0.3 is 10.1 Å². The molecule has 0 saturated carbocycles. The Labute approximate surface area is 163 Å². The molecule has 0 bridgehead atoms. The van der Waals surface area contributed by atoms with E-state index >= 15 is 0 Å². The van der Waals surface area contributed by atoms with Gasteiger partial charge in [0, 0.05) is 51.2 Å². The van der Waals surface area contributed by atoms with E-state index in [0.717, 1.165) is 16.6 Å². The summed E-state index contributed by atoms with van der Waals surface area (Å²) in [4.78, 5) is 3.18. The van der Waals surface area contributed by atoms with E-state index < -0.39 is 10.8 Å². The topological polar surface area (TPSA) is 53.1 Å². The van der Waals surface area contributed by atoms with Crippen LogP contribution in [0.5, 0.6) is 0 Å². The van der Waals surface area contributed by atoms with Crippen molar-refractivity contribution in [2.24, 2.45) is 0 Å². The highest BCUT2D eigenvalue weighted by molar-refractivity contribution is 7.83. The van der Waals surface area contributed by atoms with Crippen LogP contribution in [-0.4, -0.2) is 27.2 Å². The molecule has 3 aromatic rings. The summed E-state index contributed by atoms with van der Waals surface area (Å²) in [6.45, 7) is -0.0442. The predicted molar refractivity (Wildman–Crippen MR) is 106 cm³/mol. The van der Waals surface area contributed by atoms with E-state index in [2.05, 4.69) is 4.98 Å². The highest BCUT2D eigenvalue weighted by atomic mass is 35.5. The van der Waals surface area contributed by atoms with Crippen LogP contribution in [0, 0.1) is 5.82 Å². The Kier molecular flexibility index (Phi) is 6.03. The molecule has 26 heavy (non-hydrogen) atoms. The average molecular weight is 414 g/mol. The Balaban J connectivity index is 2.17. The molecule has 2 unspecified atom stereocenters. The fourth-order valence-electron chi connectivity index (χ4n) is 3.30. The number of aliphatic hydroxyl groups excluding tert-OH is 1. The van der Waals surface area contributed by atoms with Gasteiger partial charge in [0.2, 0.25) is 0 Å². The first-order valence-corrected chi connectivity index (χ1v) is 10.5. The largest absolute Gasteiger partial charge is 0.396 e. The maximum absolute atomic E-state index is 14.2. The van der Waals surface area contributed by atoms with Crippen LogP contribution in [0.1, 0.15) is 29.0 Å². The SMILES string of the molecule is CS(=O)Cc1cc(F)cc2c(C(CCO)c3ccc(Cl)cc3Cl)c[nH]c12. The zero-order valence-electron chi connectivity index (χ0n) is 14.1. The number of aliphatic hydroxyl groups is 1. The summed E-state index contributed by atoms with van der Waals surface area (Å²) in [7, 11) is -1.09. The molecule has 0 aliphatic carbocycles. The molecule has 2 atom stereocenters. The fourth-order valence-corrected chi connectivity index (χ4v) is 4.51. The molecule has 0 spiro atoms. The van der Waals surface area contributed by atoms with E-state index in [1.54, 1.807) is 24.6 Å². The van der Waals surface area contributed by atoms with Crippen LogP contribution < -0.4 is 0 Å². The standard InChI is InChI=1S/C19H18Cl2FNO2S/c1-26(25)10-11-6-13(22)8-16-17(9-23-19(11)16)14(4-5-24)15-3-2-12(20)7-18(15)21/h2-3,6-9,14,23-24H,4-5,10H2,1H3. The Morgan fingerprint density at radius 1 is 1.23 bits per heavy atom. The van der Waals surface area contributed by atoms with E-state index in [4.69, 9.17) is 23.2 Å². The summed E-state index contributed by atoms with van der Waals surface area (Å²) in [5.74, 6) is -0.343. The van der Waals surface area contributed by atoms with Crippen molar-refractivity contribution in [1.82, 2.24) is 4.98 Å². The van der Waals surface area contributed by atoms with E-state index in [1.165, 1.54) is 12.1 Å². The van der Waals surface area contributed by atoms with Crippen molar-refractivity contribution in [3.05, 3.63) is 69.1 Å². The van der Waals surface area contributed by atoms with Crippen LogP contribution in [0.25, 0.3) is 10.9 Å². The third-order valence-electron chi connectivity index (χ3n) is 4.36. The lowest BCUT2D eigenvalue weighted by atomic mass is 9.88. The Morgan fingerprint density at radius 3 is 2.65 bits per heavy atom. The minimum Gasteiger partial charge on any atom is -0.396 e. The third-order valence-corrected chi connectivity index (χ3v) is 5.64. The van der Waals surface area contributed by atoms with Crippen LogP contribution in [0.2, 0.25) is 10.0 Å². The molecule has 0 aliphatic heterocycles. The summed E-state index contributed by atoms with van der Waals surface area (Å²) >= 11 is 12.4. The van der Waals surface area contributed by atoms with Gasteiger partial charge in [0.1, 0.15) is 5.82 Å². The van der Waals surface area contributed by atoms with Gasteiger partial charge in [-0.25, -0.2) is 4.39 Å². The summed E-state index contributed by atoms with van der Waals surface area (Å²) in [6.07, 6.45) is 3.82. The maximum atomic E-state index is 14.2. The lowest BCUT2D eigenvalue weighted by Crippen LogP contribution is -2.04. The molecule has 0 saturated heterocycles. The van der Waals surface area contributed by atoms with Gasteiger partial charge in [0.05, 0.1) is 11.3 Å². The normalized spacial score (nSPS) is 13.9. The smallest absolute Gasteiger partial charge is 0.124 e. The number of aromatic nitrogens is 1. The van der Waals surface area contributed by atoms with Crippen molar-refractivity contribution < 1.29 is 13.7 Å². The number of nitrogens with one attached hydrogen (secondary N) is 1. The first kappa shape index (κ1) is 19.4. The summed E-state index contributed by atoms with van der Waals surface area (Å²) in [5, 5.41) is 11.3. The van der Waals surface area contributed by atoms with E-state index in [1.807, 2.05) is 6.07 Å². The lowest BCUT2D eigenvalue weighted by molar-refractivity contribution is 0.282. The number of fused-ring (bicyclic) bond motifs is 1. The second-order valence-electron chi connectivity index (χ2n) is 6.18. The molecule has 0 amide bonds. The third kappa shape index (κ3) is 3.96. The fraction of sp³-hybridized carbons (Fsp3) is 0.263. The van der Waals surface area contributed by atoms with E-state index in [0.29, 0.717) is 27.4 Å². The second kappa shape index (κ2) is 8.09. The molecule has 0 fully saturated rings.